The van der Waals surface area contributed by atoms with E-state index < -0.39 is 16.0 Å². The number of nitrogens with one attached hydrogen (secondary N) is 1. The summed E-state index contributed by atoms with van der Waals surface area (Å²) in [6, 6.07) is -0.221. The van der Waals surface area contributed by atoms with Crippen molar-refractivity contribution in [3.8, 4) is 0 Å². The third-order valence-electron chi connectivity index (χ3n) is 3.19. The first-order chi connectivity index (χ1) is 9.28. The van der Waals surface area contributed by atoms with E-state index in [0.717, 1.165) is 19.1 Å². The molecule has 1 aliphatic heterocycles. The van der Waals surface area contributed by atoms with E-state index >= 15 is 0 Å². The second-order valence-corrected chi connectivity index (χ2v) is 6.95. The van der Waals surface area contributed by atoms with Gasteiger partial charge in [-0.15, -0.1) is 0 Å². The van der Waals surface area contributed by atoms with Gasteiger partial charge in [-0.2, -0.15) is 0 Å². The van der Waals surface area contributed by atoms with Crippen LogP contribution >= 0.6 is 0 Å². The maximum Gasteiger partial charge on any atom is 0.303 e. The number of carbonyl (C=O) groups excluding carboxylic acids is 1. The summed E-state index contributed by atoms with van der Waals surface area (Å²) in [4.78, 5) is 24.0. The molecule has 1 heterocycles. The number of likely N-dealkylation sites (tertiary alicyclic amines) is 1. The van der Waals surface area contributed by atoms with E-state index in [1.54, 1.807) is 4.90 Å². The minimum Gasteiger partial charge on any atom is -0.481 e. The second kappa shape index (κ2) is 7.58. The highest BCUT2D eigenvalue weighted by molar-refractivity contribution is 7.88. The maximum atomic E-state index is 12.0. The number of carboxylic acids is 1. The summed E-state index contributed by atoms with van der Waals surface area (Å²) in [6.07, 6.45) is 4.04. The highest BCUT2D eigenvalue weighted by atomic mass is 32.2. The Morgan fingerprint density at radius 1 is 1.30 bits per heavy atom. The van der Waals surface area contributed by atoms with Crippen LogP contribution in [0.1, 0.15) is 38.5 Å². The van der Waals surface area contributed by atoms with Crippen LogP contribution in [0.25, 0.3) is 0 Å². The van der Waals surface area contributed by atoms with E-state index in [1.165, 1.54) is 0 Å². The third-order valence-corrected chi connectivity index (χ3v) is 3.95. The first kappa shape index (κ1) is 16.9. The van der Waals surface area contributed by atoms with Gasteiger partial charge in [-0.05, 0) is 25.7 Å². The number of amides is 1. The SMILES string of the molecule is CS(=O)(=O)NC1CCCN(C(=O)CCCCC(=O)O)C1. The van der Waals surface area contributed by atoms with Crippen LogP contribution in [-0.4, -0.2) is 55.7 Å². The number of rotatable bonds is 7. The molecule has 1 fully saturated rings. The summed E-state index contributed by atoms with van der Waals surface area (Å²) in [7, 11) is -3.26. The van der Waals surface area contributed by atoms with E-state index in [-0.39, 0.29) is 18.4 Å². The Bertz CT molecular complexity index is 449. The van der Waals surface area contributed by atoms with Crippen LogP contribution in [0.4, 0.5) is 0 Å². The van der Waals surface area contributed by atoms with E-state index in [9.17, 15) is 18.0 Å². The highest BCUT2D eigenvalue weighted by Crippen LogP contribution is 2.13. The van der Waals surface area contributed by atoms with Crippen molar-refractivity contribution < 1.29 is 23.1 Å². The van der Waals surface area contributed by atoms with Gasteiger partial charge < -0.3 is 10.0 Å². The van der Waals surface area contributed by atoms with Crippen molar-refractivity contribution in [3.05, 3.63) is 0 Å². The van der Waals surface area contributed by atoms with Gasteiger partial charge in [0.15, 0.2) is 0 Å². The lowest BCUT2D eigenvalue weighted by Crippen LogP contribution is -2.49. The van der Waals surface area contributed by atoms with Gasteiger partial charge in [0.25, 0.3) is 0 Å². The van der Waals surface area contributed by atoms with Gasteiger partial charge in [0.1, 0.15) is 0 Å². The van der Waals surface area contributed by atoms with Gasteiger partial charge in [0.2, 0.25) is 15.9 Å². The fourth-order valence-electron chi connectivity index (χ4n) is 2.31. The van der Waals surface area contributed by atoms with E-state index in [4.69, 9.17) is 5.11 Å². The number of aliphatic carboxylic acids is 1. The van der Waals surface area contributed by atoms with Crippen LogP contribution in [0.2, 0.25) is 0 Å². The molecular formula is C12H22N2O5S. The number of carboxylic acid groups (broad SMARTS) is 1. The highest BCUT2D eigenvalue weighted by Gasteiger charge is 2.25. The van der Waals surface area contributed by atoms with Crippen molar-refractivity contribution >= 4 is 21.9 Å². The molecule has 0 radical (unpaired) electrons. The Hall–Kier alpha value is -1.15. The lowest BCUT2D eigenvalue weighted by atomic mass is 10.1. The molecule has 1 amide bonds. The van der Waals surface area contributed by atoms with Crippen LogP contribution < -0.4 is 4.72 Å². The number of carbonyl (C=O) groups is 2. The van der Waals surface area contributed by atoms with Gasteiger partial charge in [0, 0.05) is 32.0 Å². The molecule has 20 heavy (non-hydrogen) atoms. The van der Waals surface area contributed by atoms with Gasteiger partial charge in [-0.25, -0.2) is 13.1 Å². The molecule has 0 aromatic rings. The summed E-state index contributed by atoms with van der Waals surface area (Å²) in [6.45, 7) is 1.03. The fourth-order valence-corrected chi connectivity index (χ4v) is 3.11. The van der Waals surface area contributed by atoms with Crippen molar-refractivity contribution in [2.24, 2.45) is 0 Å². The average molecular weight is 306 g/mol. The molecule has 1 atom stereocenters. The monoisotopic (exact) mass is 306 g/mol. The molecule has 0 saturated carbocycles. The summed E-state index contributed by atoms with van der Waals surface area (Å²) >= 11 is 0. The topological polar surface area (TPSA) is 104 Å². The maximum absolute atomic E-state index is 12.0. The molecule has 0 spiro atoms. The molecule has 0 aromatic carbocycles. The molecule has 0 bridgehead atoms. The molecule has 1 rings (SSSR count). The Balaban J connectivity index is 2.34. The predicted octanol–water partition coefficient (Wildman–Crippen LogP) is 0.172. The zero-order valence-electron chi connectivity index (χ0n) is 11.7. The lowest BCUT2D eigenvalue weighted by Gasteiger charge is -2.32. The standard InChI is InChI=1S/C12H22N2O5S/c1-20(18,19)13-10-5-4-8-14(9-10)11(15)6-2-3-7-12(16)17/h10,13H,2-9H2,1H3,(H,16,17). The van der Waals surface area contributed by atoms with Crippen LogP contribution in [0, 0.1) is 0 Å². The van der Waals surface area contributed by atoms with Gasteiger partial charge in [-0.1, -0.05) is 0 Å². The summed E-state index contributed by atoms with van der Waals surface area (Å²) in [5.74, 6) is -0.886. The minimum absolute atomic E-state index is 0.0320. The van der Waals surface area contributed by atoms with Crippen molar-refractivity contribution in [1.29, 1.82) is 0 Å². The number of sulfonamides is 1. The Morgan fingerprint density at radius 2 is 1.95 bits per heavy atom. The molecule has 116 valence electrons. The second-order valence-electron chi connectivity index (χ2n) is 5.17. The van der Waals surface area contributed by atoms with Crippen LogP contribution in [0.15, 0.2) is 0 Å². The first-order valence-corrected chi connectivity index (χ1v) is 8.64. The fraction of sp³-hybridized carbons (Fsp3) is 0.833. The predicted molar refractivity (Wildman–Crippen MR) is 73.7 cm³/mol. The van der Waals surface area contributed by atoms with Crippen LogP contribution in [0.3, 0.4) is 0 Å². The summed E-state index contributed by atoms with van der Waals surface area (Å²) in [5, 5.41) is 8.51. The zero-order valence-corrected chi connectivity index (χ0v) is 12.5. The smallest absolute Gasteiger partial charge is 0.303 e. The molecule has 7 nitrogen and oxygen atoms in total. The Labute approximate surface area is 119 Å². The lowest BCUT2D eigenvalue weighted by molar-refractivity contribution is -0.137. The Kier molecular flexibility index (Phi) is 6.41. The Morgan fingerprint density at radius 3 is 2.55 bits per heavy atom. The minimum atomic E-state index is -3.26. The third kappa shape index (κ3) is 6.85. The average Bonchev–Trinajstić information content (AvgIpc) is 2.32. The van der Waals surface area contributed by atoms with Crippen molar-refractivity contribution in [1.82, 2.24) is 9.62 Å². The molecule has 8 heteroatoms. The van der Waals surface area contributed by atoms with Gasteiger partial charge in [0.05, 0.1) is 6.26 Å². The molecule has 0 aromatic heterocycles. The molecular weight excluding hydrogens is 284 g/mol. The number of nitrogens with zero attached hydrogens (tertiary/aromatic N) is 1. The normalized spacial score (nSPS) is 19.9. The largest absolute Gasteiger partial charge is 0.481 e. The number of hydrogen-bond acceptors (Lipinski definition) is 4. The molecule has 0 aliphatic carbocycles. The quantitative estimate of drug-likeness (QED) is 0.653. The van der Waals surface area contributed by atoms with Crippen LogP contribution in [0.5, 0.6) is 0 Å². The van der Waals surface area contributed by atoms with E-state index in [1.807, 2.05) is 0 Å². The first-order valence-electron chi connectivity index (χ1n) is 6.75. The molecule has 1 saturated heterocycles. The summed E-state index contributed by atoms with van der Waals surface area (Å²) < 4.78 is 24.9. The van der Waals surface area contributed by atoms with Crippen molar-refractivity contribution in [2.75, 3.05) is 19.3 Å². The zero-order chi connectivity index (χ0) is 15.2. The molecule has 1 unspecified atom stereocenters. The molecule has 2 N–H and O–H groups in total. The van der Waals surface area contributed by atoms with Crippen molar-refractivity contribution in [3.63, 3.8) is 0 Å². The van der Waals surface area contributed by atoms with E-state index in [0.29, 0.717) is 32.4 Å². The molecule has 1 aliphatic rings. The number of hydrogen-bond donors (Lipinski definition) is 2. The van der Waals surface area contributed by atoms with E-state index in [2.05, 4.69) is 4.72 Å². The van der Waals surface area contributed by atoms with Crippen LogP contribution in [-0.2, 0) is 19.6 Å². The summed E-state index contributed by atoms with van der Waals surface area (Å²) in [5.41, 5.74) is 0. The van der Waals surface area contributed by atoms with Gasteiger partial charge in [-0.3, -0.25) is 9.59 Å². The van der Waals surface area contributed by atoms with Gasteiger partial charge >= 0.3 is 5.97 Å². The van der Waals surface area contributed by atoms with Crippen molar-refractivity contribution in [2.45, 2.75) is 44.6 Å². The number of unbranched alkanes of at least 4 members (excludes halogenated alkanes) is 1. The number of piperidine rings is 1.